The van der Waals surface area contributed by atoms with Crippen molar-refractivity contribution in [3.63, 3.8) is 0 Å². The van der Waals surface area contributed by atoms with Gasteiger partial charge in [0.2, 0.25) is 5.91 Å². The Bertz CT molecular complexity index is 220. The van der Waals surface area contributed by atoms with E-state index in [1.807, 2.05) is 32.6 Å². The van der Waals surface area contributed by atoms with Gasteiger partial charge in [0.1, 0.15) is 0 Å². The van der Waals surface area contributed by atoms with Gasteiger partial charge in [-0.1, -0.05) is 41.0 Å². The lowest BCUT2D eigenvalue weighted by Crippen LogP contribution is -2.51. The summed E-state index contributed by atoms with van der Waals surface area (Å²) in [7, 11) is 0. The third-order valence-corrected chi connectivity index (χ3v) is 3.12. The molecule has 1 unspecified atom stereocenters. The van der Waals surface area contributed by atoms with Crippen molar-refractivity contribution in [3.8, 4) is 0 Å². The molecule has 0 rings (SSSR count). The van der Waals surface area contributed by atoms with E-state index in [4.69, 9.17) is 5.73 Å². The van der Waals surface area contributed by atoms with Crippen LogP contribution in [0.25, 0.3) is 0 Å². The minimum absolute atomic E-state index is 0.0790. The van der Waals surface area contributed by atoms with Crippen LogP contribution in [0.5, 0.6) is 0 Å². The fraction of sp³-hybridized carbons (Fsp3) is 0.923. The lowest BCUT2D eigenvalue weighted by molar-refractivity contribution is -0.135. The molecular formula is C13H28N2O. The standard InChI is InChI=1S/C13H28N2O/c1-7-10(3)9-15(8-2)12(16)11(14)13(4,5)6/h10-11H,7-9,14H2,1-6H3/t10?,11-/m1/s1. The fourth-order valence-corrected chi connectivity index (χ4v) is 1.45. The van der Waals surface area contributed by atoms with Crippen molar-refractivity contribution in [2.24, 2.45) is 17.1 Å². The molecule has 2 atom stereocenters. The average molecular weight is 228 g/mol. The zero-order valence-corrected chi connectivity index (χ0v) is 11.7. The summed E-state index contributed by atoms with van der Waals surface area (Å²) in [4.78, 5) is 14.1. The maximum absolute atomic E-state index is 12.2. The molecule has 0 aliphatic rings. The molecule has 96 valence electrons. The average Bonchev–Trinajstić information content (AvgIpc) is 2.22. The molecule has 0 aliphatic carbocycles. The minimum atomic E-state index is -0.406. The summed E-state index contributed by atoms with van der Waals surface area (Å²) in [5, 5.41) is 0. The molecule has 0 heterocycles. The first-order chi connectivity index (χ1) is 7.23. The summed E-state index contributed by atoms with van der Waals surface area (Å²) in [6.45, 7) is 13.9. The van der Waals surface area contributed by atoms with E-state index in [2.05, 4.69) is 13.8 Å². The van der Waals surface area contributed by atoms with Crippen LogP contribution in [-0.2, 0) is 4.79 Å². The van der Waals surface area contributed by atoms with Crippen LogP contribution in [-0.4, -0.2) is 29.9 Å². The second-order valence-electron chi connectivity index (χ2n) is 5.73. The van der Waals surface area contributed by atoms with Crippen LogP contribution in [0.4, 0.5) is 0 Å². The van der Waals surface area contributed by atoms with E-state index in [-0.39, 0.29) is 11.3 Å². The molecule has 0 aromatic rings. The number of carbonyl (C=O) groups is 1. The summed E-state index contributed by atoms with van der Waals surface area (Å²) < 4.78 is 0. The predicted molar refractivity (Wildman–Crippen MR) is 69.1 cm³/mol. The Hall–Kier alpha value is -0.570. The maximum Gasteiger partial charge on any atom is 0.240 e. The molecule has 1 amide bonds. The number of amides is 1. The van der Waals surface area contributed by atoms with Gasteiger partial charge >= 0.3 is 0 Å². The molecule has 3 nitrogen and oxygen atoms in total. The number of nitrogens with two attached hydrogens (primary N) is 1. The summed E-state index contributed by atoms with van der Waals surface area (Å²) >= 11 is 0. The van der Waals surface area contributed by atoms with Crippen molar-refractivity contribution in [3.05, 3.63) is 0 Å². The zero-order valence-electron chi connectivity index (χ0n) is 11.7. The van der Waals surface area contributed by atoms with E-state index in [1.165, 1.54) is 0 Å². The summed E-state index contributed by atoms with van der Waals surface area (Å²) in [5.74, 6) is 0.617. The molecule has 0 saturated carbocycles. The molecule has 3 heteroatoms. The Morgan fingerprint density at radius 2 is 1.81 bits per heavy atom. The van der Waals surface area contributed by atoms with Crippen LogP contribution in [0.1, 0.15) is 48.0 Å². The summed E-state index contributed by atoms with van der Waals surface area (Å²) in [6.07, 6.45) is 1.09. The number of hydrogen-bond donors (Lipinski definition) is 1. The van der Waals surface area contributed by atoms with Gasteiger partial charge in [-0.05, 0) is 18.3 Å². The van der Waals surface area contributed by atoms with E-state index < -0.39 is 6.04 Å². The lowest BCUT2D eigenvalue weighted by atomic mass is 9.86. The highest BCUT2D eigenvalue weighted by Crippen LogP contribution is 2.19. The largest absolute Gasteiger partial charge is 0.341 e. The van der Waals surface area contributed by atoms with Gasteiger partial charge in [-0.15, -0.1) is 0 Å². The van der Waals surface area contributed by atoms with Gasteiger partial charge < -0.3 is 10.6 Å². The quantitative estimate of drug-likeness (QED) is 0.784. The molecule has 0 aromatic heterocycles. The number of carbonyl (C=O) groups excluding carboxylic acids is 1. The molecule has 0 spiro atoms. The number of hydrogen-bond acceptors (Lipinski definition) is 2. The summed E-state index contributed by atoms with van der Waals surface area (Å²) in [5.41, 5.74) is 5.83. The van der Waals surface area contributed by atoms with E-state index in [9.17, 15) is 4.79 Å². The van der Waals surface area contributed by atoms with Crippen LogP contribution in [0, 0.1) is 11.3 Å². The van der Waals surface area contributed by atoms with Crippen molar-refractivity contribution >= 4 is 5.91 Å². The van der Waals surface area contributed by atoms with E-state index in [1.54, 1.807) is 0 Å². The van der Waals surface area contributed by atoms with Crippen molar-refractivity contribution in [1.29, 1.82) is 0 Å². The Balaban J connectivity index is 4.54. The molecule has 2 N–H and O–H groups in total. The molecule has 0 aliphatic heterocycles. The van der Waals surface area contributed by atoms with Crippen LogP contribution in [0.3, 0.4) is 0 Å². The molecule has 0 fully saturated rings. The van der Waals surface area contributed by atoms with Gasteiger partial charge in [-0.25, -0.2) is 0 Å². The molecule has 16 heavy (non-hydrogen) atoms. The third kappa shape index (κ3) is 4.52. The summed E-state index contributed by atoms with van der Waals surface area (Å²) in [6, 6.07) is -0.406. The Morgan fingerprint density at radius 1 is 1.31 bits per heavy atom. The van der Waals surface area contributed by atoms with E-state index in [0.717, 1.165) is 19.5 Å². The second-order valence-corrected chi connectivity index (χ2v) is 5.73. The van der Waals surface area contributed by atoms with Gasteiger partial charge in [0.25, 0.3) is 0 Å². The van der Waals surface area contributed by atoms with Crippen LogP contribution in [0.15, 0.2) is 0 Å². The highest BCUT2D eigenvalue weighted by Gasteiger charge is 2.30. The Kier molecular flexibility index (Phi) is 6.01. The molecular weight excluding hydrogens is 200 g/mol. The first-order valence-electron chi connectivity index (χ1n) is 6.28. The Morgan fingerprint density at radius 3 is 2.12 bits per heavy atom. The second kappa shape index (κ2) is 6.24. The van der Waals surface area contributed by atoms with Crippen molar-refractivity contribution < 1.29 is 4.79 Å². The molecule has 0 radical (unpaired) electrons. The highest BCUT2D eigenvalue weighted by molar-refractivity contribution is 5.82. The lowest BCUT2D eigenvalue weighted by Gasteiger charge is -2.32. The van der Waals surface area contributed by atoms with Crippen molar-refractivity contribution in [2.45, 2.75) is 54.0 Å². The van der Waals surface area contributed by atoms with Crippen molar-refractivity contribution in [2.75, 3.05) is 13.1 Å². The van der Waals surface area contributed by atoms with Crippen LogP contribution < -0.4 is 5.73 Å². The number of rotatable bonds is 5. The predicted octanol–water partition coefficient (Wildman–Crippen LogP) is 2.25. The van der Waals surface area contributed by atoms with E-state index in [0.29, 0.717) is 5.92 Å². The van der Waals surface area contributed by atoms with Gasteiger partial charge in [0.15, 0.2) is 0 Å². The van der Waals surface area contributed by atoms with Crippen LogP contribution >= 0.6 is 0 Å². The molecule has 0 saturated heterocycles. The zero-order chi connectivity index (χ0) is 12.9. The van der Waals surface area contributed by atoms with Gasteiger partial charge in [-0.2, -0.15) is 0 Å². The van der Waals surface area contributed by atoms with Gasteiger partial charge in [0, 0.05) is 13.1 Å². The highest BCUT2D eigenvalue weighted by atomic mass is 16.2. The third-order valence-electron chi connectivity index (χ3n) is 3.12. The molecule has 0 bridgehead atoms. The smallest absolute Gasteiger partial charge is 0.240 e. The minimum Gasteiger partial charge on any atom is -0.341 e. The van der Waals surface area contributed by atoms with Gasteiger partial charge in [-0.3, -0.25) is 4.79 Å². The molecule has 0 aromatic carbocycles. The Labute approximate surface area is 100 Å². The number of likely N-dealkylation sites (N-methyl/N-ethyl adjacent to an activating group) is 1. The van der Waals surface area contributed by atoms with Crippen molar-refractivity contribution in [1.82, 2.24) is 4.90 Å². The van der Waals surface area contributed by atoms with E-state index >= 15 is 0 Å². The monoisotopic (exact) mass is 228 g/mol. The fourth-order valence-electron chi connectivity index (χ4n) is 1.45. The van der Waals surface area contributed by atoms with Crippen LogP contribution in [0.2, 0.25) is 0 Å². The first kappa shape index (κ1) is 15.4. The maximum atomic E-state index is 12.2. The SMILES string of the molecule is CCC(C)CN(CC)C(=O)[C@@H](N)C(C)(C)C. The normalized spacial score (nSPS) is 15.7. The first-order valence-corrected chi connectivity index (χ1v) is 6.28. The van der Waals surface area contributed by atoms with Gasteiger partial charge in [0.05, 0.1) is 6.04 Å². The topological polar surface area (TPSA) is 46.3 Å². The number of nitrogens with zero attached hydrogens (tertiary/aromatic N) is 1.